The van der Waals surface area contributed by atoms with Gasteiger partial charge in [-0.05, 0) is 38.0 Å². The number of carbonyl (C=O) groups is 2. The third-order valence-corrected chi connectivity index (χ3v) is 7.92. The molecule has 2 aromatic carbocycles. The largest absolute Gasteiger partial charge is 0.481 e. The zero-order valence-electron chi connectivity index (χ0n) is 22.9. The molecule has 2 N–H and O–H groups in total. The average Bonchev–Trinajstić information content (AvgIpc) is 3.57. The van der Waals surface area contributed by atoms with Crippen molar-refractivity contribution in [1.82, 2.24) is 25.1 Å². The number of hydrogen-bond donors (Lipinski definition) is 2. The number of anilines is 1. The first-order valence-corrected chi connectivity index (χ1v) is 14.6. The molecule has 4 rings (SSSR count). The number of ether oxygens (including phenoxy) is 1. The second-order valence-electron chi connectivity index (χ2n) is 9.07. The molecule has 12 nitrogen and oxygen atoms in total. The fourth-order valence-corrected chi connectivity index (χ4v) is 5.18. The Balaban J connectivity index is 1.26. The summed E-state index contributed by atoms with van der Waals surface area (Å²) in [6.45, 7) is 5.57. The third-order valence-electron chi connectivity index (χ3n) is 6.14. The molecule has 1 atom stereocenters. The highest BCUT2D eigenvalue weighted by Crippen LogP contribution is 2.29. The van der Waals surface area contributed by atoms with Gasteiger partial charge in [-0.2, -0.15) is 0 Å². The van der Waals surface area contributed by atoms with Crippen LogP contribution in [0.3, 0.4) is 0 Å². The summed E-state index contributed by atoms with van der Waals surface area (Å²) in [5, 5.41) is 27.6. The number of nitrogens with zero attached hydrogens (tertiary/aromatic N) is 5. The number of hydrogen-bond acceptors (Lipinski definition) is 10. The Bertz CT molecular complexity index is 1550. The minimum Gasteiger partial charge on any atom is -0.481 e. The Morgan fingerprint density at radius 1 is 1.20 bits per heavy atom. The van der Waals surface area contributed by atoms with Crippen LogP contribution in [0.25, 0.3) is 11.3 Å². The standard InChI is InChI=1S/C27H29N7O5S2/c1-5-18-7-10-20(11-8-18)39-17(3)25(36)28-13-23-31-32-27(33(23)4)41-15-24(35)30-26-29-21(14-40-26)19-9-6-16(2)22(12-19)34(37)38/h6-12,14,17H,5,13,15H2,1-4H3,(H,28,36)(H,29,30,35)/t17-/m1/s1. The van der Waals surface area contributed by atoms with Crippen molar-refractivity contribution in [2.24, 2.45) is 7.05 Å². The molecule has 41 heavy (non-hydrogen) atoms. The van der Waals surface area contributed by atoms with Gasteiger partial charge in [-0.25, -0.2) is 4.98 Å². The van der Waals surface area contributed by atoms with E-state index in [1.807, 2.05) is 24.3 Å². The number of nitro benzene ring substituents is 1. The van der Waals surface area contributed by atoms with Gasteiger partial charge in [0.1, 0.15) is 5.75 Å². The minimum absolute atomic E-state index is 0.0144. The SMILES string of the molecule is CCc1ccc(O[C@H](C)C(=O)NCc2nnc(SCC(=O)Nc3nc(-c4ccc(C)c([N+](=O)[O-])c4)cs3)n2C)cc1. The van der Waals surface area contributed by atoms with Gasteiger partial charge in [-0.15, -0.1) is 21.5 Å². The van der Waals surface area contributed by atoms with Crippen molar-refractivity contribution in [2.75, 3.05) is 11.1 Å². The van der Waals surface area contributed by atoms with E-state index in [4.69, 9.17) is 4.74 Å². The van der Waals surface area contributed by atoms with Crippen LogP contribution in [0.4, 0.5) is 10.8 Å². The van der Waals surface area contributed by atoms with Crippen LogP contribution in [0.2, 0.25) is 0 Å². The van der Waals surface area contributed by atoms with Gasteiger partial charge < -0.3 is 19.9 Å². The molecule has 2 aromatic heterocycles. The Labute approximate surface area is 244 Å². The predicted molar refractivity (Wildman–Crippen MR) is 157 cm³/mol. The van der Waals surface area contributed by atoms with Crippen LogP contribution < -0.4 is 15.4 Å². The zero-order chi connectivity index (χ0) is 29.5. The number of nitro groups is 1. The van der Waals surface area contributed by atoms with E-state index in [9.17, 15) is 19.7 Å². The molecule has 0 aliphatic rings. The van der Waals surface area contributed by atoms with E-state index < -0.39 is 11.0 Å². The maximum absolute atomic E-state index is 12.5. The zero-order valence-corrected chi connectivity index (χ0v) is 24.5. The lowest BCUT2D eigenvalue weighted by molar-refractivity contribution is -0.385. The number of thioether (sulfide) groups is 1. The van der Waals surface area contributed by atoms with Gasteiger partial charge in [-0.1, -0.05) is 43.0 Å². The first kappa shape index (κ1) is 29.7. The third kappa shape index (κ3) is 7.67. The Kier molecular flexibility index (Phi) is 9.68. The number of nitrogens with one attached hydrogen (secondary N) is 2. The summed E-state index contributed by atoms with van der Waals surface area (Å²) >= 11 is 2.42. The van der Waals surface area contributed by atoms with Crippen LogP contribution in [0.1, 0.15) is 30.8 Å². The number of amides is 2. The van der Waals surface area contributed by atoms with Crippen LogP contribution >= 0.6 is 23.1 Å². The molecule has 0 radical (unpaired) electrons. The molecule has 0 bridgehead atoms. The molecular weight excluding hydrogens is 566 g/mol. The number of thiazole rings is 1. The molecule has 0 unspecified atom stereocenters. The number of carbonyl (C=O) groups excluding carboxylic acids is 2. The van der Waals surface area contributed by atoms with Gasteiger partial charge in [0.05, 0.1) is 22.9 Å². The summed E-state index contributed by atoms with van der Waals surface area (Å²) in [4.78, 5) is 40.2. The van der Waals surface area contributed by atoms with E-state index in [0.717, 1.165) is 6.42 Å². The van der Waals surface area contributed by atoms with Gasteiger partial charge in [0.2, 0.25) is 5.91 Å². The summed E-state index contributed by atoms with van der Waals surface area (Å²) in [6.07, 6.45) is 0.233. The molecule has 2 amide bonds. The molecule has 0 saturated heterocycles. The molecule has 0 saturated carbocycles. The smallest absolute Gasteiger partial charge is 0.272 e. The summed E-state index contributed by atoms with van der Waals surface area (Å²) in [6, 6.07) is 12.5. The quantitative estimate of drug-likeness (QED) is 0.137. The van der Waals surface area contributed by atoms with E-state index in [1.54, 1.807) is 43.0 Å². The summed E-state index contributed by atoms with van der Waals surface area (Å²) < 4.78 is 7.43. The van der Waals surface area contributed by atoms with E-state index in [0.29, 0.717) is 38.7 Å². The second kappa shape index (κ2) is 13.4. The predicted octanol–water partition coefficient (Wildman–Crippen LogP) is 4.53. The molecular formula is C27H29N7O5S2. The van der Waals surface area contributed by atoms with Crippen molar-refractivity contribution in [3.63, 3.8) is 0 Å². The van der Waals surface area contributed by atoms with Gasteiger partial charge in [0, 0.05) is 29.6 Å². The summed E-state index contributed by atoms with van der Waals surface area (Å²) in [5.41, 5.74) is 2.90. The monoisotopic (exact) mass is 595 g/mol. The number of rotatable bonds is 12. The van der Waals surface area contributed by atoms with Crippen molar-refractivity contribution in [1.29, 1.82) is 0 Å². The van der Waals surface area contributed by atoms with Crippen molar-refractivity contribution >= 4 is 45.7 Å². The first-order valence-electron chi connectivity index (χ1n) is 12.7. The normalized spacial score (nSPS) is 11.6. The van der Waals surface area contributed by atoms with Crippen molar-refractivity contribution in [2.45, 2.75) is 45.0 Å². The van der Waals surface area contributed by atoms with Gasteiger partial charge >= 0.3 is 0 Å². The molecule has 4 aromatic rings. The maximum Gasteiger partial charge on any atom is 0.272 e. The molecule has 0 spiro atoms. The van der Waals surface area contributed by atoms with Crippen LogP contribution in [0, 0.1) is 17.0 Å². The van der Waals surface area contributed by atoms with Crippen molar-refractivity contribution in [3.8, 4) is 17.0 Å². The lowest BCUT2D eigenvalue weighted by atomic mass is 10.1. The van der Waals surface area contributed by atoms with Crippen LogP contribution in [0.5, 0.6) is 5.75 Å². The topological polar surface area (TPSA) is 154 Å². The van der Waals surface area contributed by atoms with Crippen LogP contribution in [-0.4, -0.2) is 48.3 Å². The minimum atomic E-state index is -0.694. The van der Waals surface area contributed by atoms with Gasteiger partial charge in [-0.3, -0.25) is 19.7 Å². The lowest BCUT2D eigenvalue weighted by Gasteiger charge is -2.15. The van der Waals surface area contributed by atoms with Crippen LogP contribution in [0.15, 0.2) is 53.0 Å². The molecule has 0 aliphatic heterocycles. The highest BCUT2D eigenvalue weighted by Gasteiger charge is 2.18. The van der Waals surface area contributed by atoms with E-state index in [1.165, 1.54) is 34.7 Å². The number of benzene rings is 2. The van der Waals surface area contributed by atoms with Crippen molar-refractivity contribution in [3.05, 3.63) is 74.9 Å². The molecule has 214 valence electrons. The highest BCUT2D eigenvalue weighted by molar-refractivity contribution is 7.99. The fraction of sp³-hybridized carbons (Fsp3) is 0.296. The van der Waals surface area contributed by atoms with Crippen molar-refractivity contribution < 1.29 is 19.2 Å². The number of aromatic nitrogens is 4. The Morgan fingerprint density at radius 3 is 2.66 bits per heavy atom. The molecule has 0 fully saturated rings. The van der Waals surface area contributed by atoms with E-state index in [-0.39, 0.29) is 29.8 Å². The van der Waals surface area contributed by atoms with Gasteiger partial charge in [0.15, 0.2) is 22.2 Å². The summed E-state index contributed by atoms with van der Waals surface area (Å²) in [5.74, 6) is 0.627. The highest BCUT2D eigenvalue weighted by atomic mass is 32.2. The van der Waals surface area contributed by atoms with Crippen LogP contribution in [-0.2, 0) is 29.6 Å². The molecule has 2 heterocycles. The molecule has 0 aliphatic carbocycles. The second-order valence-corrected chi connectivity index (χ2v) is 10.9. The maximum atomic E-state index is 12.5. The Hall–Kier alpha value is -4.30. The van der Waals surface area contributed by atoms with E-state index in [2.05, 4.69) is 32.7 Å². The fourth-order valence-electron chi connectivity index (χ4n) is 3.71. The Morgan fingerprint density at radius 2 is 1.95 bits per heavy atom. The molecule has 14 heteroatoms. The first-order chi connectivity index (χ1) is 19.6. The van der Waals surface area contributed by atoms with Gasteiger partial charge in [0.25, 0.3) is 11.6 Å². The number of aryl methyl sites for hydroxylation is 2. The average molecular weight is 596 g/mol. The lowest BCUT2D eigenvalue weighted by Crippen LogP contribution is -2.36. The summed E-state index contributed by atoms with van der Waals surface area (Å²) in [7, 11) is 1.75. The van der Waals surface area contributed by atoms with E-state index >= 15 is 0 Å².